The molecule has 0 radical (unpaired) electrons. The van der Waals surface area contributed by atoms with Gasteiger partial charge in [0.15, 0.2) is 0 Å². The Morgan fingerprint density at radius 3 is 3.07 bits per heavy atom. The lowest BCUT2D eigenvalue weighted by atomic mass is 10.5. The third-order valence-electron chi connectivity index (χ3n) is 2.12. The molecule has 2 aromatic rings. The molecule has 0 aliphatic heterocycles. The molecule has 4 nitrogen and oxygen atoms in total. The molecule has 2 aromatic heterocycles. The normalized spacial score (nSPS) is 10.7. The third kappa shape index (κ3) is 2.64. The average Bonchev–Trinajstić information content (AvgIpc) is 2.87. The van der Waals surface area contributed by atoms with Crippen LogP contribution in [0.4, 0.5) is 0 Å². The molecule has 0 aromatic carbocycles. The highest BCUT2D eigenvalue weighted by Gasteiger charge is 2.03. The summed E-state index contributed by atoms with van der Waals surface area (Å²) in [5, 5.41) is 6.38. The van der Waals surface area contributed by atoms with E-state index in [1.54, 1.807) is 11.3 Å². The van der Waals surface area contributed by atoms with Crippen LogP contribution in [0, 0.1) is 0 Å². The summed E-state index contributed by atoms with van der Waals surface area (Å²) in [6.45, 7) is 4.69. The second-order valence-electron chi connectivity index (χ2n) is 3.18. The van der Waals surface area contributed by atoms with E-state index in [4.69, 9.17) is 0 Å². The molecule has 0 aliphatic carbocycles. The average molecular weight is 222 g/mol. The van der Waals surface area contributed by atoms with Crippen molar-refractivity contribution in [1.29, 1.82) is 0 Å². The van der Waals surface area contributed by atoms with Gasteiger partial charge in [0.2, 0.25) is 0 Å². The second kappa shape index (κ2) is 5.04. The fourth-order valence-electron chi connectivity index (χ4n) is 1.36. The van der Waals surface area contributed by atoms with Crippen LogP contribution in [0.5, 0.6) is 0 Å². The van der Waals surface area contributed by atoms with Crippen molar-refractivity contribution in [3.05, 3.63) is 34.8 Å². The zero-order valence-corrected chi connectivity index (χ0v) is 9.50. The molecule has 0 aliphatic rings. The maximum atomic E-state index is 4.31. The first-order valence-electron chi connectivity index (χ1n) is 4.99. The highest BCUT2D eigenvalue weighted by atomic mass is 32.1. The fourth-order valence-corrected chi connectivity index (χ4v) is 1.98. The lowest BCUT2D eigenvalue weighted by molar-refractivity contribution is 0.638. The van der Waals surface area contributed by atoms with Crippen LogP contribution in [-0.2, 0) is 13.1 Å². The Morgan fingerprint density at radius 2 is 2.33 bits per heavy atom. The zero-order valence-electron chi connectivity index (χ0n) is 8.68. The summed E-state index contributed by atoms with van der Waals surface area (Å²) >= 11 is 1.67. The van der Waals surface area contributed by atoms with Crippen LogP contribution in [0.1, 0.15) is 17.8 Å². The first kappa shape index (κ1) is 10.3. The summed E-state index contributed by atoms with van der Waals surface area (Å²) in [6.07, 6.45) is 5.66. The molecule has 0 spiro atoms. The molecule has 0 fully saturated rings. The van der Waals surface area contributed by atoms with E-state index in [-0.39, 0.29) is 0 Å². The predicted molar refractivity (Wildman–Crippen MR) is 60.8 cm³/mol. The van der Waals surface area contributed by atoms with Gasteiger partial charge in [-0.2, -0.15) is 0 Å². The van der Waals surface area contributed by atoms with Gasteiger partial charge in [0.1, 0.15) is 10.8 Å². The number of nitrogens with one attached hydrogen (secondary N) is 1. The molecule has 2 rings (SSSR count). The van der Waals surface area contributed by atoms with Crippen molar-refractivity contribution in [2.75, 3.05) is 6.54 Å². The molecule has 0 saturated carbocycles. The van der Waals surface area contributed by atoms with Crippen LogP contribution in [0.25, 0.3) is 0 Å². The van der Waals surface area contributed by atoms with E-state index in [9.17, 15) is 0 Å². The summed E-state index contributed by atoms with van der Waals surface area (Å²) in [7, 11) is 0. The van der Waals surface area contributed by atoms with Gasteiger partial charge in [-0.3, -0.25) is 0 Å². The molecule has 0 unspecified atom stereocenters. The number of hydrogen-bond acceptors (Lipinski definition) is 4. The quantitative estimate of drug-likeness (QED) is 0.833. The Labute approximate surface area is 93.0 Å². The van der Waals surface area contributed by atoms with Crippen molar-refractivity contribution in [1.82, 2.24) is 19.9 Å². The SMILES string of the molecule is CCNCc1nccn1Cc1nccs1. The van der Waals surface area contributed by atoms with E-state index in [2.05, 4.69) is 26.8 Å². The summed E-state index contributed by atoms with van der Waals surface area (Å²) in [6, 6.07) is 0. The minimum absolute atomic E-state index is 0.814. The van der Waals surface area contributed by atoms with E-state index in [1.807, 2.05) is 24.0 Å². The number of nitrogens with zero attached hydrogens (tertiary/aromatic N) is 3. The van der Waals surface area contributed by atoms with Gasteiger partial charge in [0.05, 0.1) is 13.1 Å². The highest BCUT2D eigenvalue weighted by Crippen LogP contribution is 2.08. The van der Waals surface area contributed by atoms with Gasteiger partial charge in [-0.15, -0.1) is 11.3 Å². The van der Waals surface area contributed by atoms with Crippen molar-refractivity contribution in [2.45, 2.75) is 20.0 Å². The van der Waals surface area contributed by atoms with E-state index < -0.39 is 0 Å². The summed E-state index contributed by atoms with van der Waals surface area (Å²) in [5.41, 5.74) is 0. The summed E-state index contributed by atoms with van der Waals surface area (Å²) < 4.78 is 2.13. The molecule has 0 amide bonds. The number of rotatable bonds is 5. The summed E-state index contributed by atoms with van der Waals surface area (Å²) in [5.74, 6) is 1.06. The number of thiazole rings is 1. The molecule has 1 N–H and O–H groups in total. The minimum atomic E-state index is 0.814. The van der Waals surface area contributed by atoms with Crippen LogP contribution < -0.4 is 5.32 Å². The molecule has 5 heteroatoms. The third-order valence-corrected chi connectivity index (χ3v) is 2.89. The number of hydrogen-bond donors (Lipinski definition) is 1. The van der Waals surface area contributed by atoms with E-state index in [0.29, 0.717) is 0 Å². The molecule has 0 bridgehead atoms. The highest BCUT2D eigenvalue weighted by molar-refractivity contribution is 7.09. The molecule has 15 heavy (non-hydrogen) atoms. The lowest BCUT2D eigenvalue weighted by Crippen LogP contribution is -2.16. The first-order chi connectivity index (χ1) is 7.40. The van der Waals surface area contributed by atoms with Gasteiger partial charge in [-0.05, 0) is 6.54 Å². The van der Waals surface area contributed by atoms with Crippen LogP contribution in [0.2, 0.25) is 0 Å². The van der Waals surface area contributed by atoms with Crippen molar-refractivity contribution in [3.63, 3.8) is 0 Å². The molecular weight excluding hydrogens is 208 g/mol. The van der Waals surface area contributed by atoms with Gasteiger partial charge in [-0.1, -0.05) is 6.92 Å². The van der Waals surface area contributed by atoms with Crippen molar-refractivity contribution < 1.29 is 0 Å². The van der Waals surface area contributed by atoms with E-state index in [1.165, 1.54) is 0 Å². The van der Waals surface area contributed by atoms with Crippen LogP contribution in [-0.4, -0.2) is 21.1 Å². The largest absolute Gasteiger partial charge is 0.327 e. The first-order valence-corrected chi connectivity index (χ1v) is 5.87. The topological polar surface area (TPSA) is 42.7 Å². The van der Waals surface area contributed by atoms with Crippen molar-refractivity contribution in [3.8, 4) is 0 Å². The van der Waals surface area contributed by atoms with Crippen molar-refractivity contribution in [2.24, 2.45) is 0 Å². The Hall–Kier alpha value is -1.20. The smallest absolute Gasteiger partial charge is 0.123 e. The molecule has 0 saturated heterocycles. The maximum Gasteiger partial charge on any atom is 0.123 e. The Kier molecular flexibility index (Phi) is 3.47. The zero-order chi connectivity index (χ0) is 10.5. The predicted octanol–water partition coefficient (Wildman–Crippen LogP) is 1.50. The summed E-state index contributed by atoms with van der Waals surface area (Å²) in [4.78, 5) is 8.57. The van der Waals surface area contributed by atoms with Gasteiger partial charge >= 0.3 is 0 Å². The number of aromatic nitrogens is 3. The molecule has 80 valence electrons. The van der Waals surface area contributed by atoms with Gasteiger partial charge in [0, 0.05) is 24.0 Å². The Balaban J connectivity index is 2.04. The van der Waals surface area contributed by atoms with Gasteiger partial charge < -0.3 is 9.88 Å². The maximum absolute atomic E-state index is 4.31. The Bertz CT molecular complexity index is 393. The van der Waals surface area contributed by atoms with Crippen molar-refractivity contribution >= 4 is 11.3 Å². The van der Waals surface area contributed by atoms with Crippen LogP contribution in [0.15, 0.2) is 24.0 Å². The molecule has 0 atom stereocenters. The number of imidazole rings is 1. The monoisotopic (exact) mass is 222 g/mol. The van der Waals surface area contributed by atoms with E-state index in [0.717, 1.165) is 30.5 Å². The van der Waals surface area contributed by atoms with Crippen LogP contribution in [0.3, 0.4) is 0 Å². The minimum Gasteiger partial charge on any atom is -0.327 e. The molecular formula is C10H14N4S. The Morgan fingerprint density at radius 1 is 1.40 bits per heavy atom. The molecule has 2 heterocycles. The van der Waals surface area contributed by atoms with E-state index >= 15 is 0 Å². The standard InChI is InChI=1S/C10H14N4S/c1-2-11-7-9-12-3-5-14(9)8-10-13-4-6-15-10/h3-6,11H,2,7-8H2,1H3. The van der Waals surface area contributed by atoms with Crippen LogP contribution >= 0.6 is 11.3 Å². The fraction of sp³-hybridized carbons (Fsp3) is 0.400. The van der Waals surface area contributed by atoms with Gasteiger partial charge in [0.25, 0.3) is 0 Å². The van der Waals surface area contributed by atoms with Gasteiger partial charge in [-0.25, -0.2) is 9.97 Å². The lowest BCUT2D eigenvalue weighted by Gasteiger charge is -2.05. The second-order valence-corrected chi connectivity index (χ2v) is 4.16.